The molecule has 210 valence electrons. The van der Waals surface area contributed by atoms with Crippen molar-refractivity contribution in [3.8, 4) is 5.88 Å². The lowest BCUT2D eigenvalue weighted by atomic mass is 9.92. The van der Waals surface area contributed by atoms with Crippen molar-refractivity contribution < 1.29 is 22.7 Å². The van der Waals surface area contributed by atoms with Gasteiger partial charge in [0.05, 0.1) is 25.0 Å². The number of nitrogens with one attached hydrogen (secondary N) is 2. The molecule has 0 aliphatic carbocycles. The second-order valence-corrected chi connectivity index (χ2v) is 16.3. The van der Waals surface area contributed by atoms with Crippen LogP contribution in [0, 0.1) is 5.92 Å². The molecule has 38 heavy (non-hydrogen) atoms. The van der Waals surface area contributed by atoms with Gasteiger partial charge in [0.25, 0.3) is 0 Å². The van der Waals surface area contributed by atoms with E-state index in [-0.39, 0.29) is 17.7 Å². The van der Waals surface area contributed by atoms with Crippen molar-refractivity contribution in [2.45, 2.75) is 83.7 Å². The molecule has 3 aromatic heterocycles. The molecule has 0 saturated carbocycles. The minimum atomic E-state index is -2.94. The molecule has 1 unspecified atom stereocenters. The minimum Gasteiger partial charge on any atom is -0.417 e. The van der Waals surface area contributed by atoms with E-state index in [0.717, 1.165) is 12.8 Å². The summed E-state index contributed by atoms with van der Waals surface area (Å²) in [6.07, 6.45) is 5.12. The van der Waals surface area contributed by atoms with Gasteiger partial charge in [-0.2, -0.15) is 19.0 Å². The largest absolute Gasteiger partial charge is 0.417 e. The van der Waals surface area contributed by atoms with Crippen LogP contribution >= 0.6 is 0 Å². The number of halogens is 2. The number of aromatic amines is 1. The number of hydrogen-bond donors (Lipinski definition) is 2. The van der Waals surface area contributed by atoms with E-state index < -0.39 is 14.9 Å². The third-order valence-corrected chi connectivity index (χ3v) is 13.7. The van der Waals surface area contributed by atoms with Crippen molar-refractivity contribution in [1.82, 2.24) is 29.9 Å². The highest BCUT2D eigenvalue weighted by Gasteiger charge is 2.46. The van der Waals surface area contributed by atoms with Gasteiger partial charge in [-0.25, -0.2) is 19.7 Å². The molecule has 1 aliphatic rings. The molecule has 10 nitrogen and oxygen atoms in total. The molecule has 0 bridgehead atoms. The van der Waals surface area contributed by atoms with Crippen LogP contribution in [0.2, 0.25) is 16.6 Å². The summed E-state index contributed by atoms with van der Waals surface area (Å²) in [7, 11) is -2.10. The lowest BCUT2D eigenvalue weighted by molar-refractivity contribution is -0.0528. The van der Waals surface area contributed by atoms with Crippen molar-refractivity contribution in [2.24, 2.45) is 5.92 Å². The molecule has 3 aromatic rings. The van der Waals surface area contributed by atoms with Gasteiger partial charge in [0, 0.05) is 19.3 Å². The number of hydrogen-bond acceptors (Lipinski definition) is 8. The van der Waals surface area contributed by atoms with Crippen LogP contribution in [0.25, 0.3) is 11.2 Å². The smallest absolute Gasteiger partial charge is 0.388 e. The molecular formula is C25H39F2N7O3Si. The van der Waals surface area contributed by atoms with Gasteiger partial charge in [-0.3, -0.25) is 0 Å². The van der Waals surface area contributed by atoms with Gasteiger partial charge in [0.2, 0.25) is 5.88 Å². The first kappa shape index (κ1) is 28.4. The maximum absolute atomic E-state index is 12.5. The molecule has 0 radical (unpaired) electrons. The minimum absolute atomic E-state index is 0.0273. The summed E-state index contributed by atoms with van der Waals surface area (Å²) in [5.41, 5.74) is 2.69. The van der Waals surface area contributed by atoms with Gasteiger partial charge >= 0.3 is 6.61 Å². The summed E-state index contributed by atoms with van der Waals surface area (Å²) in [6.45, 7) is 12.8. The van der Waals surface area contributed by atoms with E-state index in [1.165, 1.54) is 6.07 Å². The van der Waals surface area contributed by atoms with Crippen LogP contribution < -0.4 is 10.1 Å². The average Bonchev–Trinajstić information content (AvgIpc) is 3.48. The van der Waals surface area contributed by atoms with Crippen molar-refractivity contribution in [3.63, 3.8) is 0 Å². The van der Waals surface area contributed by atoms with Gasteiger partial charge in [0.1, 0.15) is 5.52 Å². The Bertz CT molecular complexity index is 1160. The first-order chi connectivity index (χ1) is 18.1. The zero-order chi connectivity index (χ0) is 27.4. The Morgan fingerprint density at radius 3 is 2.39 bits per heavy atom. The molecule has 1 atom stereocenters. The van der Waals surface area contributed by atoms with Gasteiger partial charge in [-0.1, -0.05) is 41.5 Å². The predicted molar refractivity (Wildman–Crippen MR) is 143 cm³/mol. The Hall–Kier alpha value is -2.64. The summed E-state index contributed by atoms with van der Waals surface area (Å²) in [4.78, 5) is 9.29. The first-order valence-corrected chi connectivity index (χ1v) is 15.4. The Balaban J connectivity index is 1.64. The molecule has 2 N–H and O–H groups in total. The highest BCUT2D eigenvalue weighted by Crippen LogP contribution is 2.43. The summed E-state index contributed by atoms with van der Waals surface area (Å²) in [6, 6.07) is 1.31. The van der Waals surface area contributed by atoms with Crippen LogP contribution in [0.15, 0.2) is 18.5 Å². The maximum atomic E-state index is 12.5. The molecule has 0 spiro atoms. The number of anilines is 2. The Morgan fingerprint density at radius 1 is 1.08 bits per heavy atom. The molecule has 4 rings (SSSR count). The molecule has 1 saturated heterocycles. The molecule has 4 heterocycles. The molecule has 0 amide bonds. The van der Waals surface area contributed by atoms with Crippen LogP contribution in [0.4, 0.5) is 20.4 Å². The van der Waals surface area contributed by atoms with Crippen LogP contribution in [0.1, 0.15) is 60.4 Å². The predicted octanol–water partition coefficient (Wildman–Crippen LogP) is 6.05. The highest BCUT2D eigenvalue weighted by molar-refractivity contribution is 6.77. The Morgan fingerprint density at radius 2 is 1.76 bits per heavy atom. The second-order valence-electron chi connectivity index (χ2n) is 10.8. The number of fused-ring (bicyclic) bond motifs is 1. The van der Waals surface area contributed by atoms with Crippen LogP contribution in [0.3, 0.4) is 0 Å². The third kappa shape index (κ3) is 5.99. The molecule has 1 aliphatic heterocycles. The summed E-state index contributed by atoms with van der Waals surface area (Å²) >= 11 is 0. The van der Waals surface area contributed by atoms with E-state index in [9.17, 15) is 8.78 Å². The topological polar surface area (TPSA) is 112 Å². The number of nitrogens with zero attached hydrogens (tertiary/aromatic N) is 5. The van der Waals surface area contributed by atoms with Crippen LogP contribution in [-0.4, -0.2) is 64.7 Å². The number of H-pyrrole nitrogens is 1. The SMILES string of the molecule is CC(C)[Si](OCC(C1CCOCC1)n1ncc2ncc(Nc3cc(OC(F)F)[nH]n3)nc21)(C(C)C)C(C)C. The van der Waals surface area contributed by atoms with Crippen molar-refractivity contribution in [2.75, 3.05) is 25.1 Å². The summed E-state index contributed by atoms with van der Waals surface area (Å²) < 4.78 is 44.0. The summed E-state index contributed by atoms with van der Waals surface area (Å²) in [5, 5.41) is 14.1. The van der Waals surface area contributed by atoms with E-state index in [4.69, 9.17) is 19.2 Å². The zero-order valence-corrected chi connectivity index (χ0v) is 23.9. The van der Waals surface area contributed by atoms with E-state index in [2.05, 4.69) is 66.8 Å². The fourth-order valence-corrected chi connectivity index (χ4v) is 11.5. The standard InChI is InChI=1S/C25H39F2N7O3Si/c1-15(2)38(16(3)4,17(5)6)36-14-20(18-7-9-35-10-8-18)34-24-19(12-29-34)28-13-22(31-24)30-21-11-23(33-32-21)37-25(26)27/h11-13,15-18,20,25H,7-10,14H2,1-6H3,(H2,30,31,32,33). The van der Waals surface area contributed by atoms with E-state index in [0.29, 0.717) is 59.3 Å². The maximum Gasteiger partial charge on any atom is 0.388 e. The highest BCUT2D eigenvalue weighted by atomic mass is 28.4. The fraction of sp³-hybridized carbons (Fsp3) is 0.680. The average molecular weight is 552 g/mol. The number of rotatable bonds is 12. The quantitative estimate of drug-likeness (QED) is 0.262. The van der Waals surface area contributed by atoms with E-state index in [1.807, 2.05) is 4.68 Å². The van der Waals surface area contributed by atoms with Gasteiger partial charge in [-0.05, 0) is 35.4 Å². The summed E-state index contributed by atoms with van der Waals surface area (Å²) in [5.74, 6) is 0.873. The van der Waals surface area contributed by atoms with Crippen molar-refractivity contribution >= 4 is 31.1 Å². The fourth-order valence-electron chi connectivity index (χ4n) is 6.02. The van der Waals surface area contributed by atoms with Gasteiger partial charge in [-0.15, -0.1) is 0 Å². The van der Waals surface area contributed by atoms with Crippen molar-refractivity contribution in [3.05, 3.63) is 18.5 Å². The van der Waals surface area contributed by atoms with Gasteiger partial charge < -0.3 is 19.2 Å². The molecule has 0 aromatic carbocycles. The Labute approximate surface area is 223 Å². The van der Waals surface area contributed by atoms with E-state index in [1.54, 1.807) is 12.4 Å². The zero-order valence-electron chi connectivity index (χ0n) is 22.9. The van der Waals surface area contributed by atoms with Gasteiger partial charge in [0.15, 0.2) is 25.6 Å². The number of aromatic nitrogens is 6. The number of ether oxygens (including phenoxy) is 2. The first-order valence-electron chi connectivity index (χ1n) is 13.3. The lowest BCUT2D eigenvalue weighted by Gasteiger charge is -2.43. The molecule has 1 fully saturated rings. The van der Waals surface area contributed by atoms with Crippen LogP contribution in [-0.2, 0) is 9.16 Å². The molecule has 13 heteroatoms. The number of alkyl halides is 2. The third-order valence-electron chi connectivity index (χ3n) is 7.66. The Kier molecular flexibility index (Phi) is 8.99. The van der Waals surface area contributed by atoms with E-state index >= 15 is 0 Å². The van der Waals surface area contributed by atoms with Crippen molar-refractivity contribution in [1.29, 1.82) is 0 Å². The monoisotopic (exact) mass is 551 g/mol. The van der Waals surface area contributed by atoms with Crippen LogP contribution in [0.5, 0.6) is 5.88 Å². The second kappa shape index (κ2) is 12.0. The molecular weight excluding hydrogens is 512 g/mol. The lowest BCUT2D eigenvalue weighted by Crippen LogP contribution is -2.49. The normalized spacial score (nSPS) is 16.3.